The Morgan fingerprint density at radius 1 is 1.14 bits per heavy atom. The van der Waals surface area contributed by atoms with E-state index in [2.05, 4.69) is 12.1 Å². The third-order valence-electron chi connectivity index (χ3n) is 3.13. The quantitative estimate of drug-likeness (QED) is 0.383. The van der Waals surface area contributed by atoms with Crippen molar-refractivity contribution >= 4 is 5.84 Å². The van der Waals surface area contributed by atoms with Crippen molar-refractivity contribution in [2.75, 3.05) is 7.11 Å². The van der Waals surface area contributed by atoms with Crippen LogP contribution < -0.4 is 15.2 Å². The van der Waals surface area contributed by atoms with Gasteiger partial charge in [-0.2, -0.15) is 0 Å². The van der Waals surface area contributed by atoms with E-state index in [0.29, 0.717) is 22.8 Å². The van der Waals surface area contributed by atoms with Crippen molar-refractivity contribution in [2.24, 2.45) is 10.9 Å². The smallest absolute Gasteiger partial charge is 0.173 e. The highest BCUT2D eigenvalue weighted by Crippen LogP contribution is 2.29. The summed E-state index contributed by atoms with van der Waals surface area (Å²) < 4.78 is 11.0. The van der Waals surface area contributed by atoms with Gasteiger partial charge in [-0.05, 0) is 36.2 Å². The van der Waals surface area contributed by atoms with Crippen LogP contribution in [0.2, 0.25) is 0 Å². The molecule has 110 valence electrons. The molecule has 0 aliphatic carbocycles. The molecule has 0 unspecified atom stereocenters. The first-order valence-corrected chi connectivity index (χ1v) is 6.60. The van der Waals surface area contributed by atoms with Gasteiger partial charge in [-0.1, -0.05) is 24.2 Å². The van der Waals surface area contributed by atoms with E-state index in [-0.39, 0.29) is 5.84 Å². The highest BCUT2D eigenvalue weighted by molar-refractivity contribution is 5.99. The first kappa shape index (κ1) is 14.7. The normalized spacial score (nSPS) is 11.2. The molecule has 3 N–H and O–H groups in total. The number of hydrogen-bond donors (Lipinski definition) is 2. The largest absolute Gasteiger partial charge is 0.497 e. The Bertz CT molecular complexity index is 636. The summed E-state index contributed by atoms with van der Waals surface area (Å²) in [4.78, 5) is 0. The summed E-state index contributed by atoms with van der Waals surface area (Å²) in [5, 5.41) is 11.9. The molecule has 0 aromatic heterocycles. The van der Waals surface area contributed by atoms with Crippen molar-refractivity contribution in [2.45, 2.75) is 13.3 Å². The molecule has 0 heterocycles. The second kappa shape index (κ2) is 6.65. The van der Waals surface area contributed by atoms with Crippen molar-refractivity contribution in [1.29, 1.82) is 0 Å². The van der Waals surface area contributed by atoms with E-state index in [4.69, 9.17) is 20.4 Å². The molecule has 5 heteroatoms. The van der Waals surface area contributed by atoms with Crippen LogP contribution >= 0.6 is 0 Å². The van der Waals surface area contributed by atoms with Crippen molar-refractivity contribution < 1.29 is 14.7 Å². The Morgan fingerprint density at radius 2 is 1.81 bits per heavy atom. The molecule has 0 aliphatic heterocycles. The molecule has 0 aliphatic rings. The highest BCUT2D eigenvalue weighted by atomic mass is 16.5. The van der Waals surface area contributed by atoms with Crippen molar-refractivity contribution in [3.8, 4) is 17.2 Å². The average Bonchev–Trinajstić information content (AvgIpc) is 2.54. The van der Waals surface area contributed by atoms with E-state index in [1.165, 1.54) is 5.56 Å². The Hall–Kier alpha value is -2.69. The molecule has 0 bridgehead atoms. The number of nitrogens with two attached hydrogens (primary N) is 1. The lowest BCUT2D eigenvalue weighted by atomic mass is 10.1. The third-order valence-corrected chi connectivity index (χ3v) is 3.13. The minimum Gasteiger partial charge on any atom is -0.497 e. The first-order valence-electron chi connectivity index (χ1n) is 6.60. The number of hydrogen-bond acceptors (Lipinski definition) is 4. The molecule has 0 atom stereocenters. The van der Waals surface area contributed by atoms with Crippen LogP contribution in [0.4, 0.5) is 0 Å². The zero-order valence-corrected chi connectivity index (χ0v) is 12.0. The van der Waals surface area contributed by atoms with Gasteiger partial charge in [0.2, 0.25) is 0 Å². The van der Waals surface area contributed by atoms with E-state index >= 15 is 0 Å². The van der Waals surface area contributed by atoms with Crippen LogP contribution in [0.5, 0.6) is 17.2 Å². The topological polar surface area (TPSA) is 77.1 Å². The number of ether oxygens (including phenoxy) is 2. The van der Waals surface area contributed by atoms with Gasteiger partial charge in [-0.3, -0.25) is 0 Å². The van der Waals surface area contributed by atoms with Crippen LogP contribution in [0, 0.1) is 0 Å². The number of oxime groups is 1. The van der Waals surface area contributed by atoms with Gasteiger partial charge in [0.15, 0.2) is 5.84 Å². The fourth-order valence-corrected chi connectivity index (χ4v) is 1.90. The Labute approximate surface area is 123 Å². The molecule has 2 rings (SSSR count). The number of methoxy groups -OCH3 is 1. The van der Waals surface area contributed by atoms with Crippen LogP contribution in [0.25, 0.3) is 0 Å². The first-order chi connectivity index (χ1) is 10.2. The summed E-state index contributed by atoms with van der Waals surface area (Å²) in [7, 11) is 1.57. The van der Waals surface area contributed by atoms with E-state index < -0.39 is 0 Å². The zero-order chi connectivity index (χ0) is 15.2. The van der Waals surface area contributed by atoms with Gasteiger partial charge < -0.3 is 20.4 Å². The Morgan fingerprint density at radius 3 is 2.38 bits per heavy atom. The van der Waals surface area contributed by atoms with Crippen molar-refractivity contribution in [3.05, 3.63) is 53.6 Å². The Kier molecular flexibility index (Phi) is 4.66. The van der Waals surface area contributed by atoms with Gasteiger partial charge in [0.05, 0.1) is 12.7 Å². The molecular weight excluding hydrogens is 268 g/mol. The predicted molar refractivity (Wildman–Crippen MR) is 81.4 cm³/mol. The maximum atomic E-state index is 8.85. The van der Waals surface area contributed by atoms with Crippen LogP contribution in [0.3, 0.4) is 0 Å². The summed E-state index contributed by atoms with van der Waals surface area (Å²) in [6, 6.07) is 12.9. The number of amidine groups is 1. The standard InChI is InChI=1S/C16H18N2O3/c1-3-11-4-6-12(7-5-11)21-15-10-13(20-2)8-9-14(15)16(17)18-19/h4-10,19H,3H2,1-2H3,(H2,17,18). The lowest BCUT2D eigenvalue weighted by Gasteiger charge is -2.12. The van der Waals surface area contributed by atoms with E-state index in [9.17, 15) is 0 Å². The SMILES string of the molecule is CCc1ccc(Oc2cc(OC)ccc2/C(N)=N/O)cc1. The Balaban J connectivity index is 2.35. The zero-order valence-electron chi connectivity index (χ0n) is 12.0. The highest BCUT2D eigenvalue weighted by Gasteiger charge is 2.11. The average molecular weight is 286 g/mol. The van der Waals surface area contributed by atoms with Crippen LogP contribution in [-0.4, -0.2) is 18.2 Å². The van der Waals surface area contributed by atoms with Gasteiger partial charge >= 0.3 is 0 Å². The van der Waals surface area contributed by atoms with Crippen molar-refractivity contribution in [1.82, 2.24) is 0 Å². The summed E-state index contributed by atoms with van der Waals surface area (Å²) in [5.74, 6) is 1.75. The van der Waals surface area contributed by atoms with Gasteiger partial charge in [0.1, 0.15) is 17.2 Å². The summed E-state index contributed by atoms with van der Waals surface area (Å²) in [5.41, 5.74) is 7.39. The molecule has 0 radical (unpaired) electrons. The van der Waals surface area contributed by atoms with E-state index in [1.807, 2.05) is 24.3 Å². The number of aryl methyl sites for hydroxylation is 1. The van der Waals surface area contributed by atoms with Gasteiger partial charge in [-0.25, -0.2) is 0 Å². The number of nitrogens with zero attached hydrogens (tertiary/aromatic N) is 1. The third kappa shape index (κ3) is 3.45. The molecule has 0 amide bonds. The lowest BCUT2D eigenvalue weighted by Crippen LogP contribution is -2.14. The minimum atomic E-state index is -0.0159. The van der Waals surface area contributed by atoms with Gasteiger partial charge in [0.25, 0.3) is 0 Å². The molecule has 2 aromatic rings. The molecule has 5 nitrogen and oxygen atoms in total. The van der Waals surface area contributed by atoms with E-state index in [0.717, 1.165) is 6.42 Å². The van der Waals surface area contributed by atoms with Gasteiger partial charge in [0, 0.05) is 6.07 Å². The predicted octanol–water partition coefficient (Wildman–Crippen LogP) is 3.14. The number of rotatable bonds is 5. The lowest BCUT2D eigenvalue weighted by molar-refractivity contribution is 0.318. The molecule has 0 fully saturated rings. The van der Waals surface area contributed by atoms with Crippen LogP contribution in [-0.2, 0) is 6.42 Å². The molecule has 2 aromatic carbocycles. The molecule has 0 saturated heterocycles. The fraction of sp³-hybridized carbons (Fsp3) is 0.188. The molecular formula is C16H18N2O3. The maximum Gasteiger partial charge on any atom is 0.173 e. The molecule has 21 heavy (non-hydrogen) atoms. The second-order valence-electron chi connectivity index (χ2n) is 4.45. The monoisotopic (exact) mass is 286 g/mol. The molecule has 0 saturated carbocycles. The van der Waals surface area contributed by atoms with Crippen molar-refractivity contribution in [3.63, 3.8) is 0 Å². The summed E-state index contributed by atoms with van der Waals surface area (Å²) in [6.07, 6.45) is 0.967. The minimum absolute atomic E-state index is 0.0159. The fourth-order valence-electron chi connectivity index (χ4n) is 1.90. The van der Waals surface area contributed by atoms with Crippen LogP contribution in [0.1, 0.15) is 18.1 Å². The second-order valence-corrected chi connectivity index (χ2v) is 4.45. The summed E-state index contributed by atoms with van der Waals surface area (Å²) >= 11 is 0. The summed E-state index contributed by atoms with van der Waals surface area (Å²) in [6.45, 7) is 2.09. The van der Waals surface area contributed by atoms with Gasteiger partial charge in [-0.15, -0.1) is 0 Å². The van der Waals surface area contributed by atoms with Crippen LogP contribution in [0.15, 0.2) is 47.6 Å². The van der Waals surface area contributed by atoms with E-state index in [1.54, 1.807) is 25.3 Å². The molecule has 0 spiro atoms. The number of benzene rings is 2. The maximum absolute atomic E-state index is 8.85.